The van der Waals surface area contributed by atoms with Gasteiger partial charge in [0.1, 0.15) is 11.6 Å². The Morgan fingerprint density at radius 2 is 1.67 bits per heavy atom. The Balaban J connectivity index is 2.22. The molecule has 1 N–H and O–H groups in total. The smallest absolute Gasteiger partial charge is 0.207 e. The molecular weight excluding hydrogens is 298 g/mol. The molecule has 1 heterocycles. The van der Waals surface area contributed by atoms with Gasteiger partial charge in [-0.3, -0.25) is 0 Å². The molecule has 0 amide bonds. The highest BCUT2D eigenvalue weighted by atomic mass is 32.2. The highest BCUT2D eigenvalue weighted by Gasteiger charge is 2.22. The molecule has 4 nitrogen and oxygen atoms in total. The van der Waals surface area contributed by atoms with E-state index < -0.39 is 21.7 Å². The van der Waals surface area contributed by atoms with E-state index in [9.17, 15) is 17.2 Å². The van der Waals surface area contributed by atoms with Gasteiger partial charge in [-0.1, -0.05) is 6.07 Å². The van der Waals surface area contributed by atoms with Crippen molar-refractivity contribution in [3.63, 3.8) is 0 Å². The largest absolute Gasteiger partial charge is 0.251 e. The number of sulfonamides is 1. The first-order valence-electron chi connectivity index (χ1n) is 6.06. The van der Waals surface area contributed by atoms with Crippen LogP contribution in [0.4, 0.5) is 8.78 Å². The van der Waals surface area contributed by atoms with Crippen LogP contribution in [0.1, 0.15) is 16.7 Å². The van der Waals surface area contributed by atoms with Gasteiger partial charge in [0.2, 0.25) is 0 Å². The molecule has 0 aromatic heterocycles. The second kappa shape index (κ2) is 4.92. The highest BCUT2D eigenvalue weighted by molar-refractivity contribution is 7.88. The van der Waals surface area contributed by atoms with Crippen molar-refractivity contribution in [1.82, 2.24) is 4.83 Å². The molecule has 0 saturated heterocycles. The van der Waals surface area contributed by atoms with Crippen LogP contribution in [0.15, 0.2) is 47.6 Å². The zero-order valence-corrected chi connectivity index (χ0v) is 11.5. The van der Waals surface area contributed by atoms with Gasteiger partial charge in [-0.2, -0.15) is 5.10 Å². The number of halogens is 2. The molecule has 0 bridgehead atoms. The Morgan fingerprint density at radius 1 is 1.00 bits per heavy atom. The van der Waals surface area contributed by atoms with Gasteiger partial charge in [0.15, 0.2) is 0 Å². The van der Waals surface area contributed by atoms with Crippen molar-refractivity contribution < 1.29 is 17.2 Å². The van der Waals surface area contributed by atoms with Crippen molar-refractivity contribution in [3.8, 4) is 0 Å². The lowest BCUT2D eigenvalue weighted by molar-refractivity contribution is 0.584. The zero-order chi connectivity index (χ0) is 15.0. The summed E-state index contributed by atoms with van der Waals surface area (Å²) in [4.78, 5) is 2.09. The maximum atomic E-state index is 13.5. The van der Waals surface area contributed by atoms with E-state index in [1.54, 1.807) is 0 Å². The number of hydrogen-bond donors (Lipinski definition) is 1. The molecule has 21 heavy (non-hydrogen) atoms. The van der Waals surface area contributed by atoms with E-state index in [2.05, 4.69) is 9.93 Å². The van der Waals surface area contributed by atoms with Crippen LogP contribution in [-0.4, -0.2) is 14.1 Å². The molecule has 7 heteroatoms. The van der Waals surface area contributed by atoms with E-state index in [4.69, 9.17) is 0 Å². The van der Waals surface area contributed by atoms with Crippen LogP contribution in [0.3, 0.4) is 0 Å². The average molecular weight is 308 g/mol. The molecule has 3 rings (SSSR count). The fraction of sp³-hybridized carbons (Fsp3) is 0.0714. The molecule has 0 spiro atoms. The van der Waals surface area contributed by atoms with Crippen LogP contribution in [-0.2, 0) is 15.8 Å². The summed E-state index contributed by atoms with van der Waals surface area (Å²) in [5.41, 5.74) is 1.55. The summed E-state index contributed by atoms with van der Waals surface area (Å²) in [6.07, 6.45) is 0. The third-order valence-corrected chi connectivity index (χ3v) is 4.15. The quantitative estimate of drug-likeness (QED) is 0.877. The number of hydrazone groups is 1. The SMILES string of the molecule is O=S1(=O)Cc2ccc(F)cc2C(c2ccc(F)cc2)=NN1. The minimum Gasteiger partial charge on any atom is -0.207 e. The third-order valence-electron chi connectivity index (χ3n) is 3.09. The average Bonchev–Trinajstić information content (AvgIpc) is 2.55. The number of benzene rings is 2. The molecule has 1 aliphatic heterocycles. The van der Waals surface area contributed by atoms with Crippen LogP contribution in [0.25, 0.3) is 0 Å². The van der Waals surface area contributed by atoms with E-state index in [-0.39, 0.29) is 11.5 Å². The molecule has 0 unspecified atom stereocenters. The van der Waals surface area contributed by atoms with E-state index in [1.807, 2.05) is 0 Å². The first-order chi connectivity index (χ1) is 9.94. The van der Waals surface area contributed by atoms with Crippen LogP contribution < -0.4 is 4.83 Å². The molecule has 0 fully saturated rings. The lowest BCUT2D eigenvalue weighted by Gasteiger charge is -2.08. The molecular formula is C14H10F2N2O2S. The number of nitrogens with one attached hydrogen (secondary N) is 1. The van der Waals surface area contributed by atoms with Crippen LogP contribution in [0.2, 0.25) is 0 Å². The van der Waals surface area contributed by atoms with Gasteiger partial charge >= 0.3 is 0 Å². The van der Waals surface area contributed by atoms with Crippen LogP contribution in [0, 0.1) is 11.6 Å². The number of rotatable bonds is 1. The number of nitrogens with zero attached hydrogens (tertiary/aromatic N) is 1. The molecule has 0 saturated carbocycles. The monoisotopic (exact) mass is 308 g/mol. The normalized spacial score (nSPS) is 16.4. The Morgan fingerprint density at radius 3 is 2.38 bits per heavy atom. The summed E-state index contributed by atoms with van der Waals surface area (Å²) in [6.45, 7) is 0. The fourth-order valence-corrected chi connectivity index (χ4v) is 3.09. The first kappa shape index (κ1) is 13.7. The minimum absolute atomic E-state index is 0.255. The van der Waals surface area contributed by atoms with Gasteiger partial charge in [-0.15, -0.1) is 0 Å². The Bertz CT molecular complexity index is 831. The second-order valence-electron chi connectivity index (χ2n) is 4.62. The number of fused-ring (bicyclic) bond motifs is 1. The van der Waals surface area contributed by atoms with Crippen molar-refractivity contribution in [2.75, 3.05) is 0 Å². The van der Waals surface area contributed by atoms with Crippen molar-refractivity contribution >= 4 is 15.7 Å². The third kappa shape index (κ3) is 2.78. The van der Waals surface area contributed by atoms with Crippen LogP contribution in [0.5, 0.6) is 0 Å². The lowest BCUT2D eigenvalue weighted by Crippen LogP contribution is -2.18. The zero-order valence-electron chi connectivity index (χ0n) is 10.7. The topological polar surface area (TPSA) is 58.5 Å². The van der Waals surface area contributed by atoms with Gasteiger partial charge < -0.3 is 0 Å². The Kier molecular flexibility index (Phi) is 3.21. The summed E-state index contributed by atoms with van der Waals surface area (Å²) >= 11 is 0. The lowest BCUT2D eigenvalue weighted by atomic mass is 9.98. The second-order valence-corrected chi connectivity index (χ2v) is 6.32. The highest BCUT2D eigenvalue weighted by Crippen LogP contribution is 2.21. The first-order valence-corrected chi connectivity index (χ1v) is 7.72. The van der Waals surface area contributed by atoms with Crippen LogP contribution >= 0.6 is 0 Å². The summed E-state index contributed by atoms with van der Waals surface area (Å²) in [5, 5.41) is 3.85. The minimum atomic E-state index is -3.63. The van der Waals surface area contributed by atoms with Gasteiger partial charge in [-0.05, 0) is 42.0 Å². The predicted molar refractivity (Wildman–Crippen MR) is 74.2 cm³/mol. The summed E-state index contributed by atoms with van der Waals surface area (Å²) < 4.78 is 50.0. The Labute approximate surface area is 120 Å². The Hall–Kier alpha value is -2.28. The molecule has 108 valence electrons. The summed E-state index contributed by atoms with van der Waals surface area (Å²) in [6, 6.07) is 9.22. The predicted octanol–water partition coefficient (Wildman–Crippen LogP) is 2.15. The molecule has 2 aromatic rings. The van der Waals surface area contributed by atoms with E-state index in [1.165, 1.54) is 42.5 Å². The van der Waals surface area contributed by atoms with E-state index in [0.717, 1.165) is 0 Å². The maximum Gasteiger partial charge on any atom is 0.251 e. The molecule has 0 radical (unpaired) electrons. The van der Waals surface area contributed by atoms with Crippen molar-refractivity contribution in [2.24, 2.45) is 5.10 Å². The fourth-order valence-electron chi connectivity index (χ4n) is 2.14. The summed E-state index contributed by atoms with van der Waals surface area (Å²) in [7, 11) is -3.63. The summed E-state index contributed by atoms with van der Waals surface area (Å²) in [5.74, 6) is -1.22. The van der Waals surface area contributed by atoms with E-state index >= 15 is 0 Å². The van der Waals surface area contributed by atoms with Gasteiger partial charge in [-0.25, -0.2) is 22.0 Å². The molecule has 0 atom stereocenters. The molecule has 0 aliphatic carbocycles. The molecule has 2 aromatic carbocycles. The molecule has 1 aliphatic rings. The van der Waals surface area contributed by atoms with Crippen molar-refractivity contribution in [3.05, 3.63) is 70.8 Å². The van der Waals surface area contributed by atoms with Gasteiger partial charge in [0, 0.05) is 11.1 Å². The van der Waals surface area contributed by atoms with Crippen molar-refractivity contribution in [1.29, 1.82) is 0 Å². The van der Waals surface area contributed by atoms with Gasteiger partial charge in [0.25, 0.3) is 10.0 Å². The number of hydrogen-bond acceptors (Lipinski definition) is 3. The van der Waals surface area contributed by atoms with Crippen molar-refractivity contribution in [2.45, 2.75) is 5.75 Å². The standard InChI is InChI=1S/C14H10F2N2O2S/c15-11-4-1-9(2-5-11)14-13-7-12(16)6-3-10(13)8-21(19,20)18-17-14/h1-7,18H,8H2. The maximum absolute atomic E-state index is 13.5. The van der Waals surface area contributed by atoms with Gasteiger partial charge in [0.05, 0.1) is 11.5 Å². The van der Waals surface area contributed by atoms with E-state index in [0.29, 0.717) is 16.7 Å².